The summed E-state index contributed by atoms with van der Waals surface area (Å²) in [7, 11) is 0. The summed E-state index contributed by atoms with van der Waals surface area (Å²) in [6.07, 6.45) is 1.77. The van der Waals surface area contributed by atoms with Gasteiger partial charge < -0.3 is 9.88 Å². The van der Waals surface area contributed by atoms with E-state index in [1.54, 1.807) is 12.3 Å². The van der Waals surface area contributed by atoms with Crippen molar-refractivity contribution in [3.63, 3.8) is 0 Å². The van der Waals surface area contributed by atoms with Crippen LogP contribution in [0.3, 0.4) is 0 Å². The molecule has 1 aromatic heterocycles. The molecule has 2 rings (SSSR count). The minimum atomic E-state index is -0.151. The lowest BCUT2D eigenvalue weighted by atomic mass is 10.3. The van der Waals surface area contributed by atoms with Crippen LogP contribution in [-0.4, -0.2) is 10.5 Å². The van der Waals surface area contributed by atoms with Crippen LogP contribution in [0.2, 0.25) is 5.02 Å². The second-order valence-electron chi connectivity index (χ2n) is 4.51. The lowest BCUT2D eigenvalue weighted by molar-refractivity contribution is 0.101. The van der Waals surface area contributed by atoms with Crippen LogP contribution in [0.5, 0.6) is 0 Å². The number of amides is 1. The molecule has 0 saturated heterocycles. The van der Waals surface area contributed by atoms with Gasteiger partial charge in [0.1, 0.15) is 5.69 Å². The molecule has 1 amide bonds. The van der Waals surface area contributed by atoms with Gasteiger partial charge in [-0.05, 0) is 66.8 Å². The van der Waals surface area contributed by atoms with E-state index in [0.29, 0.717) is 10.7 Å². The zero-order chi connectivity index (χ0) is 14.0. The van der Waals surface area contributed by atoms with Crippen molar-refractivity contribution in [1.82, 2.24) is 4.57 Å². The van der Waals surface area contributed by atoms with Gasteiger partial charge in [0.15, 0.2) is 0 Å². The molecule has 0 aliphatic heterocycles. The maximum Gasteiger partial charge on any atom is 0.272 e. The zero-order valence-electron chi connectivity index (χ0n) is 10.7. The molecule has 5 heteroatoms. The topological polar surface area (TPSA) is 34.0 Å². The molecule has 1 aromatic carbocycles. The van der Waals surface area contributed by atoms with Gasteiger partial charge >= 0.3 is 0 Å². The number of carbonyl (C=O) groups is 1. The van der Waals surface area contributed by atoms with Gasteiger partial charge in [0.05, 0.1) is 5.02 Å². The van der Waals surface area contributed by atoms with Crippen LogP contribution in [0.4, 0.5) is 5.69 Å². The van der Waals surface area contributed by atoms with Crippen molar-refractivity contribution in [2.75, 3.05) is 5.32 Å². The fourth-order valence-electron chi connectivity index (χ4n) is 1.78. The molecular weight excluding hydrogens is 375 g/mol. The molecule has 0 bridgehead atoms. The summed E-state index contributed by atoms with van der Waals surface area (Å²) in [5.41, 5.74) is 1.34. The van der Waals surface area contributed by atoms with Crippen LogP contribution >= 0.6 is 34.2 Å². The number of aromatic nitrogens is 1. The van der Waals surface area contributed by atoms with Crippen LogP contribution in [0.1, 0.15) is 30.4 Å². The minimum Gasteiger partial charge on any atom is -0.339 e. The molecule has 0 spiro atoms. The maximum atomic E-state index is 12.2. The molecule has 1 N–H and O–H groups in total. The highest BCUT2D eigenvalue weighted by Gasteiger charge is 2.15. The summed E-state index contributed by atoms with van der Waals surface area (Å²) < 4.78 is 2.99. The molecule has 0 atom stereocenters. The molecule has 100 valence electrons. The molecule has 0 radical (unpaired) electrons. The number of carbonyl (C=O) groups excluding carboxylic acids is 1. The predicted octanol–water partition coefficient (Wildman–Crippen LogP) is 4.58. The fourth-order valence-corrected chi connectivity index (χ4v) is 2.35. The van der Waals surface area contributed by atoms with E-state index in [1.165, 1.54) is 0 Å². The highest BCUT2D eigenvalue weighted by atomic mass is 127. The first-order valence-corrected chi connectivity index (χ1v) is 7.37. The van der Waals surface area contributed by atoms with Crippen molar-refractivity contribution in [2.24, 2.45) is 0 Å². The number of halogens is 2. The predicted molar refractivity (Wildman–Crippen MR) is 86.9 cm³/mol. The largest absolute Gasteiger partial charge is 0.339 e. The second-order valence-corrected chi connectivity index (χ2v) is 6.19. The molecule has 0 aliphatic carbocycles. The molecule has 0 aliphatic rings. The Morgan fingerprint density at radius 2 is 1.95 bits per heavy atom. The monoisotopic (exact) mass is 388 g/mol. The second kappa shape index (κ2) is 5.96. The first kappa shape index (κ1) is 14.4. The lowest BCUT2D eigenvalue weighted by Crippen LogP contribution is -2.17. The van der Waals surface area contributed by atoms with Crippen molar-refractivity contribution in [3.8, 4) is 0 Å². The van der Waals surface area contributed by atoms with Crippen LogP contribution in [0, 0.1) is 3.57 Å². The van der Waals surface area contributed by atoms with E-state index in [9.17, 15) is 4.79 Å². The molecule has 1 heterocycles. The Morgan fingerprint density at radius 1 is 1.32 bits per heavy atom. The molecular formula is C14H14ClIN2O. The van der Waals surface area contributed by atoms with E-state index < -0.39 is 0 Å². The summed E-state index contributed by atoms with van der Waals surface area (Å²) in [4.78, 5) is 12.2. The Bertz CT molecular complexity index is 590. The maximum absolute atomic E-state index is 12.2. The number of nitrogens with zero attached hydrogens (tertiary/aromatic N) is 1. The average molecular weight is 389 g/mol. The Kier molecular flexibility index (Phi) is 4.52. The van der Waals surface area contributed by atoms with Gasteiger partial charge in [-0.1, -0.05) is 11.6 Å². The number of anilines is 1. The summed E-state index contributed by atoms with van der Waals surface area (Å²) >= 11 is 8.20. The van der Waals surface area contributed by atoms with Crippen LogP contribution in [-0.2, 0) is 0 Å². The lowest BCUT2D eigenvalue weighted by Gasteiger charge is -2.12. The van der Waals surface area contributed by atoms with Crippen molar-refractivity contribution < 1.29 is 4.79 Å². The summed E-state index contributed by atoms with van der Waals surface area (Å²) in [5, 5.41) is 3.44. The number of hydrogen-bond donors (Lipinski definition) is 1. The Labute approximate surface area is 131 Å². The van der Waals surface area contributed by atoms with E-state index in [4.69, 9.17) is 11.6 Å². The van der Waals surface area contributed by atoms with E-state index >= 15 is 0 Å². The number of benzene rings is 1. The van der Waals surface area contributed by atoms with Gasteiger partial charge in [0.25, 0.3) is 5.91 Å². The van der Waals surface area contributed by atoms with Gasteiger partial charge in [-0.15, -0.1) is 0 Å². The van der Waals surface area contributed by atoms with Gasteiger partial charge in [0.2, 0.25) is 0 Å². The smallest absolute Gasteiger partial charge is 0.272 e. The summed E-state index contributed by atoms with van der Waals surface area (Å²) in [6.45, 7) is 4.02. The Hall–Kier alpha value is -1.01. The molecule has 2 aromatic rings. The Balaban J connectivity index is 2.22. The van der Waals surface area contributed by atoms with E-state index in [2.05, 4.69) is 27.9 Å². The Morgan fingerprint density at radius 3 is 2.53 bits per heavy atom. The van der Waals surface area contributed by atoms with Gasteiger partial charge in [0, 0.05) is 21.5 Å². The third-order valence-corrected chi connectivity index (χ3v) is 3.63. The minimum absolute atomic E-state index is 0.151. The van der Waals surface area contributed by atoms with Crippen molar-refractivity contribution in [1.29, 1.82) is 0 Å². The first-order valence-electron chi connectivity index (χ1n) is 5.91. The highest BCUT2D eigenvalue weighted by molar-refractivity contribution is 14.1. The van der Waals surface area contributed by atoms with Crippen molar-refractivity contribution in [2.45, 2.75) is 19.9 Å². The zero-order valence-corrected chi connectivity index (χ0v) is 13.6. The summed E-state index contributed by atoms with van der Waals surface area (Å²) in [5.74, 6) is -0.151. The molecule has 0 fully saturated rings. The van der Waals surface area contributed by atoms with Gasteiger partial charge in [-0.3, -0.25) is 4.79 Å². The number of rotatable bonds is 3. The van der Waals surface area contributed by atoms with Crippen molar-refractivity contribution in [3.05, 3.63) is 50.8 Å². The molecule has 19 heavy (non-hydrogen) atoms. The first-order chi connectivity index (χ1) is 8.97. The molecule has 3 nitrogen and oxygen atoms in total. The average Bonchev–Trinajstić information content (AvgIpc) is 2.74. The SMILES string of the molecule is CC(C)n1cc(Cl)cc1C(=O)Nc1ccc(I)cc1. The fraction of sp³-hybridized carbons (Fsp3) is 0.214. The van der Waals surface area contributed by atoms with E-state index in [0.717, 1.165) is 9.26 Å². The normalized spacial score (nSPS) is 10.8. The van der Waals surface area contributed by atoms with Gasteiger partial charge in [-0.2, -0.15) is 0 Å². The summed E-state index contributed by atoms with van der Waals surface area (Å²) in [6, 6.07) is 9.53. The van der Waals surface area contributed by atoms with Crippen molar-refractivity contribution >= 4 is 45.8 Å². The van der Waals surface area contributed by atoms with Gasteiger partial charge in [-0.25, -0.2) is 0 Å². The van der Waals surface area contributed by atoms with Crippen LogP contribution in [0.15, 0.2) is 36.5 Å². The third kappa shape index (κ3) is 3.51. The number of hydrogen-bond acceptors (Lipinski definition) is 1. The van der Waals surface area contributed by atoms with Crippen LogP contribution in [0.25, 0.3) is 0 Å². The van der Waals surface area contributed by atoms with E-state index in [1.807, 2.05) is 42.7 Å². The van der Waals surface area contributed by atoms with Crippen LogP contribution < -0.4 is 5.32 Å². The molecule has 0 saturated carbocycles. The van der Waals surface area contributed by atoms with E-state index in [-0.39, 0.29) is 11.9 Å². The molecule has 0 unspecified atom stereocenters. The third-order valence-electron chi connectivity index (χ3n) is 2.71. The number of nitrogens with one attached hydrogen (secondary N) is 1. The highest BCUT2D eigenvalue weighted by Crippen LogP contribution is 2.20. The standard InChI is InChI=1S/C14H14ClIN2O/c1-9(2)18-8-10(15)7-13(18)14(19)17-12-5-3-11(16)4-6-12/h3-9H,1-2H3,(H,17,19). The quantitative estimate of drug-likeness (QED) is 0.767.